The fourth-order valence-electron chi connectivity index (χ4n) is 2.47. The second-order valence-corrected chi connectivity index (χ2v) is 6.13. The zero-order valence-corrected chi connectivity index (χ0v) is 14.9. The van der Waals surface area contributed by atoms with Crippen molar-refractivity contribution in [3.63, 3.8) is 0 Å². The number of methoxy groups -OCH3 is 2. The largest absolute Gasteiger partial charge is 0.497 e. The number of fused-ring (bicyclic) bond motifs is 1. The molecule has 0 atom stereocenters. The average Bonchev–Trinajstić information content (AvgIpc) is 2.60. The van der Waals surface area contributed by atoms with Crippen molar-refractivity contribution < 1.29 is 23.8 Å². The van der Waals surface area contributed by atoms with Crippen LogP contribution in [-0.2, 0) is 0 Å². The van der Waals surface area contributed by atoms with Crippen molar-refractivity contribution in [2.75, 3.05) is 14.2 Å². The van der Waals surface area contributed by atoms with E-state index in [1.807, 2.05) is 0 Å². The summed E-state index contributed by atoms with van der Waals surface area (Å²) in [4.78, 5) is 24.0. The van der Waals surface area contributed by atoms with Crippen LogP contribution in [0.1, 0.15) is 10.4 Å². The third-order valence-electron chi connectivity index (χ3n) is 3.66. The van der Waals surface area contributed by atoms with Crippen LogP contribution in [0.25, 0.3) is 22.3 Å². The first-order chi connectivity index (χ1) is 11.9. The van der Waals surface area contributed by atoms with E-state index >= 15 is 0 Å². The molecule has 0 spiro atoms. The molecule has 128 valence electrons. The Morgan fingerprint density at radius 3 is 2.24 bits per heavy atom. The summed E-state index contributed by atoms with van der Waals surface area (Å²) in [6.45, 7) is 0. The number of benzene rings is 2. The fourth-order valence-corrected chi connectivity index (χ4v) is 2.93. The molecule has 0 saturated carbocycles. The molecule has 0 fully saturated rings. The monoisotopic (exact) mass is 404 g/mol. The number of ether oxygens (including phenoxy) is 2. The van der Waals surface area contributed by atoms with E-state index in [4.69, 9.17) is 13.9 Å². The molecular formula is C18H13BrO6. The molecule has 0 aliphatic carbocycles. The van der Waals surface area contributed by atoms with Gasteiger partial charge < -0.3 is 19.0 Å². The minimum atomic E-state index is -1.19. The number of carboxylic acid groups (broad SMARTS) is 1. The highest BCUT2D eigenvalue weighted by Gasteiger charge is 2.17. The average molecular weight is 405 g/mol. The van der Waals surface area contributed by atoms with Crippen molar-refractivity contribution in [3.05, 3.63) is 56.7 Å². The van der Waals surface area contributed by atoms with Crippen LogP contribution in [0.4, 0.5) is 0 Å². The van der Waals surface area contributed by atoms with Gasteiger partial charge in [0.25, 0.3) is 0 Å². The van der Waals surface area contributed by atoms with Crippen molar-refractivity contribution in [2.24, 2.45) is 0 Å². The molecule has 0 saturated heterocycles. The van der Waals surface area contributed by atoms with Crippen molar-refractivity contribution in [2.45, 2.75) is 0 Å². The summed E-state index contributed by atoms with van der Waals surface area (Å²) in [6.07, 6.45) is 0. The van der Waals surface area contributed by atoms with Crippen molar-refractivity contribution >= 4 is 32.9 Å². The fraction of sp³-hybridized carbons (Fsp3) is 0.111. The highest BCUT2D eigenvalue weighted by atomic mass is 79.9. The Hall–Kier alpha value is -2.80. The van der Waals surface area contributed by atoms with Crippen LogP contribution < -0.4 is 14.9 Å². The maximum Gasteiger partial charge on any atom is 0.339 e. The molecule has 7 heteroatoms. The van der Waals surface area contributed by atoms with E-state index in [1.54, 1.807) is 18.2 Å². The van der Waals surface area contributed by atoms with Crippen molar-refractivity contribution in [1.29, 1.82) is 0 Å². The van der Waals surface area contributed by atoms with Gasteiger partial charge in [-0.3, -0.25) is 4.79 Å². The Morgan fingerprint density at radius 1 is 1.04 bits per heavy atom. The highest BCUT2D eigenvalue weighted by molar-refractivity contribution is 9.10. The summed E-state index contributed by atoms with van der Waals surface area (Å²) in [7, 11) is 3.02. The van der Waals surface area contributed by atoms with Gasteiger partial charge in [-0.15, -0.1) is 0 Å². The van der Waals surface area contributed by atoms with Crippen LogP contribution in [0, 0.1) is 0 Å². The lowest BCUT2D eigenvalue weighted by Crippen LogP contribution is -2.05. The zero-order chi connectivity index (χ0) is 18.1. The van der Waals surface area contributed by atoms with Gasteiger partial charge in [-0.2, -0.15) is 0 Å². The van der Waals surface area contributed by atoms with Crippen molar-refractivity contribution in [1.82, 2.24) is 0 Å². The van der Waals surface area contributed by atoms with Crippen LogP contribution in [0.15, 0.2) is 50.1 Å². The van der Waals surface area contributed by atoms with Crippen LogP contribution in [0.2, 0.25) is 0 Å². The maximum atomic E-state index is 12.5. The smallest absolute Gasteiger partial charge is 0.339 e. The molecule has 0 radical (unpaired) electrons. The van der Waals surface area contributed by atoms with Crippen molar-refractivity contribution in [3.8, 4) is 22.8 Å². The number of halogens is 1. The van der Waals surface area contributed by atoms with E-state index < -0.39 is 5.97 Å². The van der Waals surface area contributed by atoms with Gasteiger partial charge in [0, 0.05) is 22.2 Å². The molecule has 0 bridgehead atoms. The molecule has 25 heavy (non-hydrogen) atoms. The van der Waals surface area contributed by atoms with E-state index in [0.29, 0.717) is 21.5 Å². The number of carboxylic acids is 1. The first kappa shape index (κ1) is 17.0. The molecule has 3 aromatic rings. The van der Waals surface area contributed by atoms with Gasteiger partial charge in [0.05, 0.1) is 19.6 Å². The standard InChI is InChI=1S/C18H13BrO6/c1-23-11-3-9(4-12(7-11)24-2)16-8-15(20)13-5-10(19)6-14(18(21)22)17(13)25-16/h3-8H,1-2H3,(H,21,22). The summed E-state index contributed by atoms with van der Waals surface area (Å²) in [5.74, 6) is 0.0760. The maximum absolute atomic E-state index is 12.5. The van der Waals surface area contributed by atoms with Gasteiger partial charge in [-0.1, -0.05) is 15.9 Å². The molecule has 0 aliphatic rings. The van der Waals surface area contributed by atoms with Gasteiger partial charge in [-0.05, 0) is 24.3 Å². The van der Waals surface area contributed by atoms with E-state index in [-0.39, 0.29) is 27.7 Å². The first-order valence-corrected chi connectivity index (χ1v) is 7.96. The Balaban J connectivity index is 2.32. The Labute approximate surface area is 150 Å². The third kappa shape index (κ3) is 3.23. The summed E-state index contributed by atoms with van der Waals surface area (Å²) in [5.41, 5.74) is 0.106. The SMILES string of the molecule is COc1cc(OC)cc(-c2cc(=O)c3cc(Br)cc(C(=O)O)c3o2)c1. The highest BCUT2D eigenvalue weighted by Crippen LogP contribution is 2.32. The molecule has 3 rings (SSSR count). The Bertz CT molecular complexity index is 1020. The number of hydrogen-bond acceptors (Lipinski definition) is 5. The molecule has 0 aliphatic heterocycles. The lowest BCUT2D eigenvalue weighted by atomic mass is 10.1. The first-order valence-electron chi connectivity index (χ1n) is 7.17. The van der Waals surface area contributed by atoms with Crippen LogP contribution in [0.3, 0.4) is 0 Å². The topological polar surface area (TPSA) is 86.0 Å². The second-order valence-electron chi connectivity index (χ2n) is 5.21. The molecule has 2 aromatic carbocycles. The number of hydrogen-bond donors (Lipinski definition) is 1. The summed E-state index contributed by atoms with van der Waals surface area (Å²) in [5, 5.41) is 9.59. The predicted molar refractivity (Wildman–Crippen MR) is 95.7 cm³/mol. The molecule has 1 N–H and O–H groups in total. The lowest BCUT2D eigenvalue weighted by molar-refractivity contribution is 0.0697. The molecule has 1 heterocycles. The third-order valence-corrected chi connectivity index (χ3v) is 4.12. The van der Waals surface area contributed by atoms with E-state index in [0.717, 1.165) is 0 Å². The Kier molecular flexibility index (Phi) is 4.50. The van der Waals surface area contributed by atoms with Crippen LogP contribution in [-0.4, -0.2) is 25.3 Å². The van der Waals surface area contributed by atoms with E-state index in [1.165, 1.54) is 32.4 Å². The molecule has 0 unspecified atom stereocenters. The lowest BCUT2D eigenvalue weighted by Gasteiger charge is -2.09. The predicted octanol–water partition coefficient (Wildman–Crippen LogP) is 3.94. The van der Waals surface area contributed by atoms with Gasteiger partial charge >= 0.3 is 5.97 Å². The number of carbonyl (C=O) groups is 1. The zero-order valence-electron chi connectivity index (χ0n) is 13.3. The minimum Gasteiger partial charge on any atom is -0.497 e. The van der Waals surface area contributed by atoms with Crippen LogP contribution >= 0.6 is 15.9 Å². The summed E-state index contributed by atoms with van der Waals surface area (Å²) >= 11 is 3.21. The molecule has 0 amide bonds. The number of rotatable bonds is 4. The molecule has 1 aromatic heterocycles. The van der Waals surface area contributed by atoms with Gasteiger partial charge in [0.1, 0.15) is 22.8 Å². The van der Waals surface area contributed by atoms with Gasteiger partial charge in [0.15, 0.2) is 11.0 Å². The van der Waals surface area contributed by atoms with E-state index in [9.17, 15) is 14.7 Å². The summed E-state index contributed by atoms with van der Waals surface area (Å²) < 4.78 is 16.7. The van der Waals surface area contributed by atoms with Gasteiger partial charge in [-0.25, -0.2) is 4.79 Å². The Morgan fingerprint density at radius 2 is 1.68 bits per heavy atom. The number of aromatic carboxylic acids is 1. The molecule has 6 nitrogen and oxygen atoms in total. The normalized spacial score (nSPS) is 10.7. The second kappa shape index (κ2) is 6.60. The van der Waals surface area contributed by atoms with Gasteiger partial charge in [0.2, 0.25) is 0 Å². The minimum absolute atomic E-state index is 0.0139. The summed E-state index contributed by atoms with van der Waals surface area (Å²) in [6, 6.07) is 9.27. The quantitative estimate of drug-likeness (QED) is 0.708. The van der Waals surface area contributed by atoms with E-state index in [2.05, 4.69) is 15.9 Å². The molecular weight excluding hydrogens is 392 g/mol. The van der Waals surface area contributed by atoms with Crippen LogP contribution in [0.5, 0.6) is 11.5 Å².